The van der Waals surface area contributed by atoms with Crippen LogP contribution in [0.25, 0.3) is 16.5 Å². The zero-order valence-corrected chi connectivity index (χ0v) is 13.9. The van der Waals surface area contributed by atoms with Crippen LogP contribution in [0.1, 0.15) is 15.9 Å². The first kappa shape index (κ1) is 15.1. The SMILES string of the molecule is O=C1C(S(=O)c2ccc(Cl)cc2)=C(O)c2cccc3cccc1c23. The van der Waals surface area contributed by atoms with Crippen LogP contribution in [0.15, 0.2) is 70.5 Å². The van der Waals surface area contributed by atoms with Crippen molar-refractivity contribution in [2.45, 2.75) is 4.90 Å². The van der Waals surface area contributed by atoms with Gasteiger partial charge < -0.3 is 5.11 Å². The summed E-state index contributed by atoms with van der Waals surface area (Å²) in [5, 5.41) is 12.7. The van der Waals surface area contributed by atoms with Crippen molar-refractivity contribution in [3.05, 3.63) is 81.7 Å². The average molecular weight is 355 g/mol. The molecule has 0 fully saturated rings. The highest BCUT2D eigenvalue weighted by molar-refractivity contribution is 7.90. The van der Waals surface area contributed by atoms with Crippen molar-refractivity contribution in [2.75, 3.05) is 0 Å². The monoisotopic (exact) mass is 354 g/mol. The van der Waals surface area contributed by atoms with Gasteiger partial charge in [-0.2, -0.15) is 0 Å². The highest BCUT2D eigenvalue weighted by Crippen LogP contribution is 2.37. The number of hydrogen-bond donors (Lipinski definition) is 1. The van der Waals surface area contributed by atoms with E-state index in [2.05, 4.69) is 0 Å². The highest BCUT2D eigenvalue weighted by atomic mass is 35.5. The van der Waals surface area contributed by atoms with Crippen LogP contribution in [-0.2, 0) is 10.8 Å². The Labute approximate surface area is 145 Å². The maximum absolute atomic E-state index is 12.9. The number of halogens is 1. The molecule has 0 aromatic heterocycles. The topological polar surface area (TPSA) is 54.4 Å². The van der Waals surface area contributed by atoms with Crippen LogP contribution in [0.5, 0.6) is 0 Å². The molecule has 0 amide bonds. The molecule has 3 aromatic rings. The fraction of sp³-hybridized carbons (Fsp3) is 0. The van der Waals surface area contributed by atoms with Gasteiger partial charge in [0.25, 0.3) is 0 Å². The fourth-order valence-corrected chi connectivity index (χ4v) is 4.24. The molecule has 0 bridgehead atoms. The molecule has 1 aliphatic rings. The van der Waals surface area contributed by atoms with E-state index in [1.165, 1.54) is 0 Å². The summed E-state index contributed by atoms with van der Waals surface area (Å²) in [6, 6.07) is 17.2. The summed E-state index contributed by atoms with van der Waals surface area (Å²) in [5.74, 6) is -0.636. The zero-order valence-electron chi connectivity index (χ0n) is 12.3. The number of hydrogen-bond acceptors (Lipinski definition) is 3. The van der Waals surface area contributed by atoms with Crippen molar-refractivity contribution >= 4 is 44.7 Å². The molecule has 5 heteroatoms. The van der Waals surface area contributed by atoms with E-state index in [-0.39, 0.29) is 10.7 Å². The quantitative estimate of drug-likeness (QED) is 0.724. The summed E-state index contributed by atoms with van der Waals surface area (Å²) in [7, 11) is -1.79. The molecule has 1 unspecified atom stereocenters. The molecule has 0 aliphatic heterocycles. The van der Waals surface area contributed by atoms with Crippen molar-refractivity contribution in [2.24, 2.45) is 0 Å². The predicted octanol–water partition coefficient (Wildman–Crippen LogP) is 4.72. The maximum atomic E-state index is 12.9. The Bertz CT molecular complexity index is 1050. The van der Waals surface area contributed by atoms with Crippen LogP contribution in [0.4, 0.5) is 0 Å². The molecule has 0 saturated carbocycles. The summed E-state index contributed by atoms with van der Waals surface area (Å²) in [5.41, 5.74) is 0.984. The summed E-state index contributed by atoms with van der Waals surface area (Å²) in [6.07, 6.45) is 0. The highest BCUT2D eigenvalue weighted by Gasteiger charge is 2.31. The molecule has 0 spiro atoms. The lowest BCUT2D eigenvalue weighted by atomic mass is 9.91. The van der Waals surface area contributed by atoms with Gasteiger partial charge in [0.05, 0.1) is 10.8 Å². The molecule has 24 heavy (non-hydrogen) atoms. The molecule has 3 nitrogen and oxygen atoms in total. The van der Waals surface area contributed by atoms with Crippen molar-refractivity contribution in [1.29, 1.82) is 0 Å². The number of Topliss-reactive ketones (excluding diaryl/α,β-unsaturated/α-hetero) is 1. The standard InChI is InChI=1S/C19H11ClO3S/c20-12-7-9-13(10-8-12)24(23)19-17(21)14-5-1-3-11-4-2-6-15(16(11)14)18(19)22/h1-10,21H. The number of benzene rings is 3. The molecule has 0 radical (unpaired) electrons. The van der Waals surface area contributed by atoms with Crippen LogP contribution in [0.3, 0.4) is 0 Å². The van der Waals surface area contributed by atoms with Gasteiger partial charge >= 0.3 is 0 Å². The molecule has 118 valence electrons. The molecule has 3 aromatic carbocycles. The first-order valence-electron chi connectivity index (χ1n) is 7.25. The lowest BCUT2D eigenvalue weighted by Crippen LogP contribution is -2.16. The molecule has 4 rings (SSSR count). The number of ketones is 1. The van der Waals surface area contributed by atoms with E-state index in [4.69, 9.17) is 11.6 Å². The van der Waals surface area contributed by atoms with E-state index >= 15 is 0 Å². The second-order valence-electron chi connectivity index (χ2n) is 5.44. The molecule has 1 aliphatic carbocycles. The van der Waals surface area contributed by atoms with E-state index in [0.717, 1.165) is 5.39 Å². The molecule has 1 atom stereocenters. The third-order valence-corrected chi connectivity index (χ3v) is 5.74. The van der Waals surface area contributed by atoms with Crippen molar-refractivity contribution in [1.82, 2.24) is 0 Å². The van der Waals surface area contributed by atoms with Gasteiger partial charge in [-0.15, -0.1) is 0 Å². The minimum atomic E-state index is -1.79. The number of carbonyl (C=O) groups excluding carboxylic acids is 1. The number of rotatable bonds is 2. The molecule has 0 saturated heterocycles. The van der Waals surface area contributed by atoms with E-state index in [1.54, 1.807) is 48.5 Å². The van der Waals surface area contributed by atoms with Crippen molar-refractivity contribution in [3.8, 4) is 0 Å². The largest absolute Gasteiger partial charge is 0.506 e. The second kappa shape index (κ2) is 5.58. The Kier molecular flexibility index (Phi) is 3.52. The van der Waals surface area contributed by atoms with E-state index < -0.39 is 16.6 Å². The third kappa shape index (κ3) is 2.19. The molecular weight excluding hydrogens is 344 g/mol. The van der Waals surface area contributed by atoms with Gasteiger partial charge in [-0.25, -0.2) is 4.21 Å². The van der Waals surface area contributed by atoms with Crippen molar-refractivity contribution in [3.63, 3.8) is 0 Å². The van der Waals surface area contributed by atoms with E-state index in [9.17, 15) is 14.1 Å². The smallest absolute Gasteiger partial charge is 0.206 e. The first-order chi connectivity index (χ1) is 11.6. The summed E-state index contributed by atoms with van der Waals surface area (Å²) < 4.78 is 12.9. The Hall–Kier alpha value is -2.43. The van der Waals surface area contributed by atoms with Gasteiger partial charge in [0, 0.05) is 26.4 Å². The maximum Gasteiger partial charge on any atom is 0.206 e. The molecular formula is C19H11ClO3S. The van der Waals surface area contributed by atoms with Gasteiger partial charge in [-0.05, 0) is 29.7 Å². The van der Waals surface area contributed by atoms with Crippen LogP contribution >= 0.6 is 11.6 Å². The second-order valence-corrected chi connectivity index (χ2v) is 7.29. The van der Waals surface area contributed by atoms with Gasteiger partial charge in [0.15, 0.2) is 0 Å². The lowest BCUT2D eigenvalue weighted by Gasteiger charge is -2.19. The summed E-state index contributed by atoms with van der Waals surface area (Å²) in [4.78, 5) is 13.2. The summed E-state index contributed by atoms with van der Waals surface area (Å²) in [6.45, 7) is 0. The molecule has 0 heterocycles. The van der Waals surface area contributed by atoms with Gasteiger partial charge in [-0.3, -0.25) is 4.79 Å². The fourth-order valence-electron chi connectivity index (χ4n) is 2.93. The van der Waals surface area contributed by atoms with Crippen LogP contribution < -0.4 is 0 Å². The van der Waals surface area contributed by atoms with Crippen LogP contribution in [0.2, 0.25) is 5.02 Å². The number of aliphatic hydroxyl groups excluding tert-OH is 1. The van der Waals surface area contributed by atoms with Crippen LogP contribution in [-0.4, -0.2) is 15.1 Å². The van der Waals surface area contributed by atoms with Crippen molar-refractivity contribution < 1.29 is 14.1 Å². The normalized spacial score (nSPS) is 15.0. The number of aliphatic hydroxyl groups is 1. The first-order valence-corrected chi connectivity index (χ1v) is 8.78. The average Bonchev–Trinajstić information content (AvgIpc) is 2.60. The minimum Gasteiger partial charge on any atom is -0.506 e. The Morgan fingerprint density at radius 2 is 1.50 bits per heavy atom. The number of carbonyl (C=O) groups is 1. The van der Waals surface area contributed by atoms with E-state index in [0.29, 0.717) is 26.4 Å². The van der Waals surface area contributed by atoms with Gasteiger partial charge in [-0.1, -0.05) is 48.0 Å². The zero-order chi connectivity index (χ0) is 16.8. The minimum absolute atomic E-state index is 0.0940. The van der Waals surface area contributed by atoms with Gasteiger partial charge in [0.1, 0.15) is 10.7 Å². The van der Waals surface area contributed by atoms with E-state index in [1.807, 2.05) is 12.1 Å². The lowest BCUT2D eigenvalue weighted by molar-refractivity contribution is 0.104. The molecule has 1 N–H and O–H groups in total. The Morgan fingerprint density at radius 3 is 2.17 bits per heavy atom. The van der Waals surface area contributed by atoms with Gasteiger partial charge in [0.2, 0.25) is 5.78 Å². The third-order valence-electron chi connectivity index (χ3n) is 4.04. The predicted molar refractivity (Wildman–Crippen MR) is 95.7 cm³/mol. The Morgan fingerprint density at radius 1 is 0.875 bits per heavy atom. The Balaban J connectivity index is 1.96. The number of allylic oxidation sites excluding steroid dienone is 1. The summed E-state index contributed by atoms with van der Waals surface area (Å²) >= 11 is 5.85. The van der Waals surface area contributed by atoms with Crippen LogP contribution in [0, 0.1) is 0 Å².